The molecule has 1 atom stereocenters. The normalized spacial score (nSPS) is 21.0. The molecule has 24 heavy (non-hydrogen) atoms. The summed E-state index contributed by atoms with van der Waals surface area (Å²) in [4.78, 5) is 11.0. The number of hydrogen-bond acceptors (Lipinski definition) is 7. The molecule has 2 aromatic rings. The van der Waals surface area contributed by atoms with Crippen LogP contribution < -0.4 is 10.2 Å². The third kappa shape index (κ3) is 3.33. The minimum atomic E-state index is -0.0842. The predicted octanol–water partition coefficient (Wildman–Crippen LogP) is 1.49. The number of ether oxygens (including phenoxy) is 1. The molecule has 0 aromatic carbocycles. The van der Waals surface area contributed by atoms with E-state index in [-0.39, 0.29) is 6.10 Å². The summed E-state index contributed by atoms with van der Waals surface area (Å²) in [7, 11) is 0. The zero-order valence-electron chi connectivity index (χ0n) is 13.9. The third-order valence-electron chi connectivity index (χ3n) is 4.59. The Morgan fingerprint density at radius 1 is 1.33 bits per heavy atom. The van der Waals surface area contributed by atoms with Crippen LogP contribution in [-0.2, 0) is 11.3 Å². The Morgan fingerprint density at radius 3 is 3.08 bits per heavy atom. The summed E-state index contributed by atoms with van der Waals surface area (Å²) in [5.41, 5.74) is 0. The molecule has 1 saturated heterocycles. The fourth-order valence-electron chi connectivity index (χ4n) is 2.96. The van der Waals surface area contributed by atoms with Gasteiger partial charge in [0, 0.05) is 25.7 Å². The van der Waals surface area contributed by atoms with Gasteiger partial charge in [-0.3, -0.25) is 0 Å². The van der Waals surface area contributed by atoms with Gasteiger partial charge in [0.15, 0.2) is 5.82 Å². The quantitative estimate of drug-likeness (QED) is 0.860. The minimum Gasteiger partial charge on any atom is -0.370 e. The first kappa shape index (κ1) is 15.3. The van der Waals surface area contributed by atoms with Crippen molar-refractivity contribution in [2.75, 3.05) is 36.5 Å². The molecule has 8 nitrogen and oxygen atoms in total. The highest BCUT2D eigenvalue weighted by atomic mass is 16.5. The summed E-state index contributed by atoms with van der Waals surface area (Å²) in [6.07, 6.45) is 5.95. The van der Waals surface area contributed by atoms with Crippen LogP contribution in [0.1, 0.15) is 31.7 Å². The smallest absolute Gasteiger partial charge is 0.163 e. The van der Waals surface area contributed by atoms with Crippen LogP contribution in [0.3, 0.4) is 0 Å². The van der Waals surface area contributed by atoms with Gasteiger partial charge >= 0.3 is 0 Å². The van der Waals surface area contributed by atoms with Crippen molar-refractivity contribution in [2.24, 2.45) is 5.92 Å². The summed E-state index contributed by atoms with van der Waals surface area (Å²) in [6, 6.07) is 2.02. The predicted molar refractivity (Wildman–Crippen MR) is 89.8 cm³/mol. The van der Waals surface area contributed by atoms with Gasteiger partial charge in [-0.2, -0.15) is 0 Å². The van der Waals surface area contributed by atoms with Crippen LogP contribution in [0.25, 0.3) is 0 Å². The average molecular weight is 329 g/mol. The largest absolute Gasteiger partial charge is 0.370 e. The lowest BCUT2D eigenvalue weighted by molar-refractivity contribution is 0.0313. The molecular formula is C16H23N7O. The number of aryl methyl sites for hydroxylation is 1. The van der Waals surface area contributed by atoms with E-state index < -0.39 is 0 Å². The van der Waals surface area contributed by atoms with Crippen molar-refractivity contribution in [1.82, 2.24) is 24.7 Å². The van der Waals surface area contributed by atoms with E-state index in [4.69, 9.17) is 4.74 Å². The van der Waals surface area contributed by atoms with E-state index in [0.29, 0.717) is 6.61 Å². The van der Waals surface area contributed by atoms with E-state index in [1.54, 1.807) is 12.7 Å². The van der Waals surface area contributed by atoms with Crippen LogP contribution >= 0.6 is 0 Å². The first-order chi connectivity index (χ1) is 11.8. The van der Waals surface area contributed by atoms with Crippen molar-refractivity contribution >= 4 is 11.6 Å². The molecule has 128 valence electrons. The first-order valence-corrected chi connectivity index (χ1v) is 8.63. The molecule has 0 radical (unpaired) electrons. The van der Waals surface area contributed by atoms with Crippen molar-refractivity contribution < 1.29 is 4.74 Å². The maximum absolute atomic E-state index is 5.91. The lowest BCUT2D eigenvalue weighted by Gasteiger charge is -2.33. The Labute approximate surface area is 141 Å². The maximum Gasteiger partial charge on any atom is 0.163 e. The minimum absolute atomic E-state index is 0.0842. The fourth-order valence-corrected chi connectivity index (χ4v) is 2.96. The Bertz CT molecular complexity index is 685. The summed E-state index contributed by atoms with van der Waals surface area (Å²) < 4.78 is 7.93. The van der Waals surface area contributed by atoms with E-state index in [0.717, 1.165) is 49.6 Å². The van der Waals surface area contributed by atoms with Gasteiger partial charge in [0.1, 0.15) is 30.4 Å². The molecule has 1 aliphatic heterocycles. The van der Waals surface area contributed by atoms with Crippen LogP contribution in [-0.4, -0.2) is 51.0 Å². The molecule has 1 unspecified atom stereocenters. The number of rotatable bonds is 6. The Morgan fingerprint density at radius 2 is 2.25 bits per heavy atom. The van der Waals surface area contributed by atoms with E-state index in [2.05, 4.69) is 37.3 Å². The fraction of sp³-hybridized carbons (Fsp3) is 0.625. The highest BCUT2D eigenvalue weighted by molar-refractivity contribution is 5.49. The Kier molecular flexibility index (Phi) is 4.29. The van der Waals surface area contributed by atoms with Crippen molar-refractivity contribution in [3.63, 3.8) is 0 Å². The molecule has 4 rings (SSSR count). The van der Waals surface area contributed by atoms with Crippen molar-refractivity contribution in [3.8, 4) is 0 Å². The van der Waals surface area contributed by atoms with Crippen LogP contribution in [0.2, 0.25) is 0 Å². The molecule has 1 aliphatic carbocycles. The molecule has 0 amide bonds. The van der Waals surface area contributed by atoms with E-state index in [1.165, 1.54) is 12.8 Å². The number of aromatic nitrogens is 5. The topological polar surface area (TPSA) is 81.0 Å². The van der Waals surface area contributed by atoms with Crippen molar-refractivity contribution in [3.05, 3.63) is 24.5 Å². The molecular weight excluding hydrogens is 306 g/mol. The van der Waals surface area contributed by atoms with Gasteiger partial charge in [-0.05, 0) is 25.7 Å². The van der Waals surface area contributed by atoms with Gasteiger partial charge in [-0.15, -0.1) is 10.2 Å². The summed E-state index contributed by atoms with van der Waals surface area (Å²) in [5.74, 6) is 3.52. The van der Waals surface area contributed by atoms with Gasteiger partial charge in [0.05, 0.1) is 13.2 Å². The van der Waals surface area contributed by atoms with E-state index in [9.17, 15) is 0 Å². The van der Waals surface area contributed by atoms with E-state index in [1.807, 2.05) is 10.6 Å². The van der Waals surface area contributed by atoms with Crippen LogP contribution in [0, 0.1) is 5.92 Å². The molecule has 2 aliphatic rings. The van der Waals surface area contributed by atoms with Gasteiger partial charge in [-0.25, -0.2) is 9.97 Å². The van der Waals surface area contributed by atoms with Gasteiger partial charge in [0.25, 0.3) is 0 Å². The summed E-state index contributed by atoms with van der Waals surface area (Å²) in [5, 5.41) is 11.6. The number of hydrogen-bond donors (Lipinski definition) is 1. The first-order valence-electron chi connectivity index (χ1n) is 8.63. The van der Waals surface area contributed by atoms with Gasteiger partial charge < -0.3 is 19.5 Å². The number of anilines is 2. The molecule has 0 spiro atoms. The molecule has 2 aromatic heterocycles. The number of nitrogens with zero attached hydrogens (tertiary/aromatic N) is 6. The standard InChI is InChI=1S/C16H23N7O/c1-2-22-11-20-21-16(22)13-9-23(5-6-24-13)15-7-14(18-10-19-15)17-8-12-3-4-12/h7,10-13H,2-6,8-9H2,1H3,(H,17,18,19). The second-order valence-electron chi connectivity index (χ2n) is 6.37. The van der Waals surface area contributed by atoms with Crippen LogP contribution in [0.4, 0.5) is 11.6 Å². The third-order valence-corrected chi connectivity index (χ3v) is 4.59. The average Bonchev–Trinajstić information content (AvgIpc) is 3.35. The lowest BCUT2D eigenvalue weighted by Crippen LogP contribution is -2.39. The maximum atomic E-state index is 5.91. The monoisotopic (exact) mass is 329 g/mol. The molecule has 1 saturated carbocycles. The highest BCUT2D eigenvalue weighted by Crippen LogP contribution is 2.29. The lowest BCUT2D eigenvalue weighted by atomic mass is 10.2. The van der Waals surface area contributed by atoms with E-state index >= 15 is 0 Å². The molecule has 1 N–H and O–H groups in total. The number of morpholine rings is 1. The molecule has 0 bridgehead atoms. The second kappa shape index (κ2) is 6.72. The van der Waals surface area contributed by atoms with Crippen molar-refractivity contribution in [2.45, 2.75) is 32.4 Å². The molecule has 2 fully saturated rings. The van der Waals surface area contributed by atoms with Gasteiger partial charge in [0.2, 0.25) is 0 Å². The van der Waals surface area contributed by atoms with Crippen molar-refractivity contribution in [1.29, 1.82) is 0 Å². The number of nitrogens with one attached hydrogen (secondary N) is 1. The molecule has 3 heterocycles. The van der Waals surface area contributed by atoms with Crippen LogP contribution in [0.5, 0.6) is 0 Å². The Hall–Kier alpha value is -2.22. The van der Waals surface area contributed by atoms with Crippen LogP contribution in [0.15, 0.2) is 18.7 Å². The molecule has 8 heteroatoms. The Balaban J connectivity index is 1.46. The zero-order valence-corrected chi connectivity index (χ0v) is 13.9. The zero-order chi connectivity index (χ0) is 16.4. The SMILES string of the molecule is CCn1cnnc1C1CN(c2cc(NCC3CC3)ncn2)CCO1. The van der Waals surface area contributed by atoms with Gasteiger partial charge in [-0.1, -0.05) is 0 Å². The summed E-state index contributed by atoms with van der Waals surface area (Å²) in [6.45, 7) is 6.10. The summed E-state index contributed by atoms with van der Waals surface area (Å²) >= 11 is 0. The second-order valence-corrected chi connectivity index (χ2v) is 6.37. The highest BCUT2D eigenvalue weighted by Gasteiger charge is 2.27.